The predicted molar refractivity (Wildman–Crippen MR) is 52.8 cm³/mol. The van der Waals surface area contributed by atoms with Crippen LogP contribution in [0.1, 0.15) is 25.0 Å². The van der Waals surface area contributed by atoms with E-state index in [0.717, 1.165) is 5.56 Å². The number of aliphatic hydroxyl groups is 1. The largest absolute Gasteiger partial charge is 0.479 e. The SMILES string of the molecule is CC[C@H](O)c1ccc(OCC#N)cc1. The fraction of sp³-hybridized carbons (Fsp3) is 0.364. The van der Waals surface area contributed by atoms with Gasteiger partial charge in [-0.2, -0.15) is 5.26 Å². The summed E-state index contributed by atoms with van der Waals surface area (Å²) in [4.78, 5) is 0. The number of hydrogen-bond acceptors (Lipinski definition) is 3. The first-order valence-electron chi connectivity index (χ1n) is 4.55. The van der Waals surface area contributed by atoms with Gasteiger partial charge in [0.1, 0.15) is 11.8 Å². The smallest absolute Gasteiger partial charge is 0.174 e. The molecule has 1 aromatic carbocycles. The maximum absolute atomic E-state index is 9.50. The quantitative estimate of drug-likeness (QED) is 0.792. The van der Waals surface area contributed by atoms with E-state index >= 15 is 0 Å². The van der Waals surface area contributed by atoms with E-state index in [4.69, 9.17) is 10.00 Å². The molecule has 0 spiro atoms. The minimum absolute atomic E-state index is 0.0513. The van der Waals surface area contributed by atoms with Crippen LogP contribution in [0, 0.1) is 11.3 Å². The van der Waals surface area contributed by atoms with Gasteiger partial charge in [-0.05, 0) is 24.1 Å². The van der Waals surface area contributed by atoms with Crippen LogP contribution in [0.2, 0.25) is 0 Å². The maximum atomic E-state index is 9.50. The minimum Gasteiger partial charge on any atom is -0.479 e. The van der Waals surface area contributed by atoms with Crippen molar-refractivity contribution < 1.29 is 9.84 Å². The highest BCUT2D eigenvalue weighted by Crippen LogP contribution is 2.19. The maximum Gasteiger partial charge on any atom is 0.174 e. The summed E-state index contributed by atoms with van der Waals surface area (Å²) in [5.74, 6) is 0.651. The Hall–Kier alpha value is -1.53. The molecule has 3 heteroatoms. The first-order chi connectivity index (χ1) is 6.77. The summed E-state index contributed by atoms with van der Waals surface area (Å²) in [6.45, 7) is 1.97. The standard InChI is InChI=1S/C11H13NO2/c1-2-11(13)9-3-5-10(6-4-9)14-8-7-12/h3-6,11,13H,2,8H2,1H3/t11-/m0/s1. The Balaban J connectivity index is 2.64. The fourth-order valence-electron chi connectivity index (χ4n) is 1.14. The second-order valence-electron chi connectivity index (χ2n) is 2.94. The molecule has 3 nitrogen and oxygen atoms in total. The molecule has 0 saturated carbocycles. The highest BCUT2D eigenvalue weighted by molar-refractivity contribution is 5.28. The first-order valence-corrected chi connectivity index (χ1v) is 4.55. The van der Waals surface area contributed by atoms with Crippen LogP contribution < -0.4 is 4.74 Å². The highest BCUT2D eigenvalue weighted by Gasteiger charge is 2.03. The van der Waals surface area contributed by atoms with Gasteiger partial charge in [0, 0.05) is 0 Å². The zero-order valence-corrected chi connectivity index (χ0v) is 8.10. The molecule has 0 fully saturated rings. The molecular weight excluding hydrogens is 178 g/mol. The van der Waals surface area contributed by atoms with E-state index in [2.05, 4.69) is 0 Å². The summed E-state index contributed by atoms with van der Waals surface area (Å²) >= 11 is 0. The lowest BCUT2D eigenvalue weighted by atomic mass is 10.1. The lowest BCUT2D eigenvalue weighted by Crippen LogP contribution is -1.96. The third-order valence-electron chi connectivity index (χ3n) is 1.95. The molecule has 0 amide bonds. The third-order valence-corrected chi connectivity index (χ3v) is 1.95. The molecule has 0 aromatic heterocycles. The summed E-state index contributed by atoms with van der Waals surface area (Å²) in [6, 6.07) is 9.02. The number of rotatable bonds is 4. The van der Waals surface area contributed by atoms with Crippen molar-refractivity contribution in [1.82, 2.24) is 0 Å². The minimum atomic E-state index is -0.417. The van der Waals surface area contributed by atoms with Gasteiger partial charge in [0.2, 0.25) is 0 Å². The zero-order chi connectivity index (χ0) is 10.4. The number of ether oxygens (including phenoxy) is 1. The Morgan fingerprint density at radius 3 is 2.57 bits per heavy atom. The van der Waals surface area contributed by atoms with Crippen LogP contribution in [0.4, 0.5) is 0 Å². The lowest BCUT2D eigenvalue weighted by Gasteiger charge is -2.08. The van der Waals surface area contributed by atoms with Gasteiger partial charge in [-0.1, -0.05) is 19.1 Å². The molecular formula is C11H13NO2. The Morgan fingerprint density at radius 2 is 2.07 bits per heavy atom. The van der Waals surface area contributed by atoms with Crippen molar-refractivity contribution in [3.8, 4) is 11.8 Å². The molecule has 0 radical (unpaired) electrons. The summed E-state index contributed by atoms with van der Waals surface area (Å²) < 4.78 is 5.08. The average molecular weight is 191 g/mol. The van der Waals surface area contributed by atoms with Crippen LogP contribution in [0.5, 0.6) is 5.75 Å². The first kappa shape index (κ1) is 10.6. The Labute approximate surface area is 83.6 Å². The Morgan fingerprint density at radius 1 is 1.43 bits per heavy atom. The van der Waals surface area contributed by atoms with Crippen molar-refractivity contribution in [3.05, 3.63) is 29.8 Å². The van der Waals surface area contributed by atoms with Gasteiger partial charge in [-0.15, -0.1) is 0 Å². The molecule has 1 N–H and O–H groups in total. The van der Waals surface area contributed by atoms with Gasteiger partial charge < -0.3 is 9.84 Å². The number of nitrogens with zero attached hydrogens (tertiary/aromatic N) is 1. The van der Waals surface area contributed by atoms with E-state index in [1.807, 2.05) is 13.0 Å². The molecule has 0 saturated heterocycles. The van der Waals surface area contributed by atoms with Crippen molar-refractivity contribution in [2.75, 3.05) is 6.61 Å². The molecule has 0 heterocycles. The number of benzene rings is 1. The number of aliphatic hydroxyl groups excluding tert-OH is 1. The summed E-state index contributed by atoms with van der Waals surface area (Å²) in [7, 11) is 0. The van der Waals surface area contributed by atoms with Gasteiger partial charge in [-0.25, -0.2) is 0 Å². The zero-order valence-electron chi connectivity index (χ0n) is 8.10. The molecule has 0 aliphatic rings. The Kier molecular flexibility index (Phi) is 3.96. The molecule has 0 aliphatic heterocycles. The van der Waals surface area contributed by atoms with E-state index in [9.17, 15) is 5.11 Å². The van der Waals surface area contributed by atoms with Crippen LogP contribution in [-0.2, 0) is 0 Å². The number of nitriles is 1. The van der Waals surface area contributed by atoms with E-state index < -0.39 is 6.10 Å². The summed E-state index contributed by atoms with van der Waals surface area (Å²) in [5.41, 5.74) is 0.872. The molecule has 0 unspecified atom stereocenters. The van der Waals surface area contributed by atoms with Crippen molar-refractivity contribution in [3.63, 3.8) is 0 Å². The fourth-order valence-corrected chi connectivity index (χ4v) is 1.14. The van der Waals surface area contributed by atoms with Gasteiger partial charge in [0.15, 0.2) is 6.61 Å². The van der Waals surface area contributed by atoms with Crippen molar-refractivity contribution in [1.29, 1.82) is 5.26 Å². The Bertz CT molecular complexity index is 313. The second kappa shape index (κ2) is 5.25. The van der Waals surface area contributed by atoms with Crippen molar-refractivity contribution >= 4 is 0 Å². The van der Waals surface area contributed by atoms with Crippen LogP contribution in [0.15, 0.2) is 24.3 Å². The summed E-state index contributed by atoms with van der Waals surface area (Å²) in [5, 5.41) is 17.8. The van der Waals surface area contributed by atoms with Crippen molar-refractivity contribution in [2.24, 2.45) is 0 Å². The van der Waals surface area contributed by atoms with E-state index in [-0.39, 0.29) is 6.61 Å². The van der Waals surface area contributed by atoms with Crippen LogP contribution in [0.25, 0.3) is 0 Å². The lowest BCUT2D eigenvalue weighted by molar-refractivity contribution is 0.173. The molecule has 74 valence electrons. The average Bonchev–Trinajstić information content (AvgIpc) is 2.26. The van der Waals surface area contributed by atoms with E-state index in [0.29, 0.717) is 12.2 Å². The van der Waals surface area contributed by atoms with Gasteiger partial charge >= 0.3 is 0 Å². The summed E-state index contributed by atoms with van der Waals surface area (Å²) in [6.07, 6.45) is 0.276. The van der Waals surface area contributed by atoms with E-state index in [1.54, 1.807) is 24.3 Å². The van der Waals surface area contributed by atoms with Crippen molar-refractivity contribution in [2.45, 2.75) is 19.4 Å². The molecule has 1 rings (SSSR count). The monoisotopic (exact) mass is 191 g/mol. The molecule has 14 heavy (non-hydrogen) atoms. The normalized spacial score (nSPS) is 11.8. The molecule has 0 bridgehead atoms. The van der Waals surface area contributed by atoms with Crippen LogP contribution in [-0.4, -0.2) is 11.7 Å². The highest BCUT2D eigenvalue weighted by atomic mass is 16.5. The van der Waals surface area contributed by atoms with Crippen LogP contribution >= 0.6 is 0 Å². The third kappa shape index (κ3) is 2.75. The molecule has 0 aliphatic carbocycles. The number of hydrogen-bond donors (Lipinski definition) is 1. The van der Waals surface area contributed by atoms with Crippen LogP contribution in [0.3, 0.4) is 0 Å². The topological polar surface area (TPSA) is 53.2 Å². The second-order valence-corrected chi connectivity index (χ2v) is 2.94. The van der Waals surface area contributed by atoms with Gasteiger partial charge in [0.05, 0.1) is 6.10 Å². The molecule has 1 aromatic rings. The molecule has 1 atom stereocenters. The van der Waals surface area contributed by atoms with E-state index in [1.165, 1.54) is 0 Å². The van der Waals surface area contributed by atoms with Gasteiger partial charge in [0.25, 0.3) is 0 Å². The van der Waals surface area contributed by atoms with Gasteiger partial charge in [-0.3, -0.25) is 0 Å². The predicted octanol–water partition coefficient (Wildman–Crippen LogP) is 2.03.